The number of halogens is 1. The second kappa shape index (κ2) is 7.94. The zero-order chi connectivity index (χ0) is 20.6. The maximum absolute atomic E-state index is 13.5. The molecule has 0 amide bonds. The van der Waals surface area contributed by atoms with Gasteiger partial charge >= 0.3 is 0 Å². The Labute approximate surface area is 180 Å². The van der Waals surface area contributed by atoms with E-state index in [0.717, 1.165) is 26.7 Å². The van der Waals surface area contributed by atoms with E-state index in [1.54, 1.807) is 28.6 Å². The van der Waals surface area contributed by atoms with Gasteiger partial charge in [-0.15, -0.1) is 0 Å². The molecule has 0 fully saturated rings. The number of phenolic OH excluding ortho intramolecular Hbond substituents is 1. The van der Waals surface area contributed by atoms with Crippen LogP contribution in [0.2, 0.25) is 0 Å². The third-order valence-corrected chi connectivity index (χ3v) is 8.17. The van der Waals surface area contributed by atoms with Crippen molar-refractivity contribution in [2.75, 3.05) is 6.54 Å². The number of sulfonamides is 1. The molecule has 4 rings (SSSR count). The van der Waals surface area contributed by atoms with Gasteiger partial charge in [-0.3, -0.25) is 0 Å². The molecule has 1 atom stereocenters. The molecule has 1 aliphatic rings. The summed E-state index contributed by atoms with van der Waals surface area (Å²) in [6.07, 6.45) is 1.00. The van der Waals surface area contributed by atoms with Crippen LogP contribution >= 0.6 is 15.9 Å². The first kappa shape index (κ1) is 20.1. The monoisotopic (exact) mass is 471 g/mol. The van der Waals surface area contributed by atoms with Gasteiger partial charge in [0.1, 0.15) is 5.75 Å². The Morgan fingerprint density at radius 1 is 1.03 bits per heavy atom. The molecule has 1 unspecified atom stereocenters. The zero-order valence-electron chi connectivity index (χ0n) is 16.0. The number of nitrogens with zero attached hydrogens (tertiary/aromatic N) is 1. The number of hydrogen-bond donors (Lipinski definition) is 1. The molecule has 3 aromatic carbocycles. The van der Waals surface area contributed by atoms with Gasteiger partial charge in [-0.2, -0.15) is 4.31 Å². The summed E-state index contributed by atoms with van der Waals surface area (Å²) in [5.74, 6) is 0.229. The quantitative estimate of drug-likeness (QED) is 0.582. The molecule has 29 heavy (non-hydrogen) atoms. The molecule has 0 aliphatic carbocycles. The van der Waals surface area contributed by atoms with Crippen molar-refractivity contribution >= 4 is 26.0 Å². The maximum atomic E-state index is 13.5. The average Bonchev–Trinajstić information content (AvgIpc) is 2.70. The Morgan fingerprint density at radius 3 is 2.48 bits per heavy atom. The Kier molecular flexibility index (Phi) is 5.51. The Bertz CT molecular complexity index is 1140. The normalized spacial score (nSPS) is 17.1. The molecule has 0 saturated heterocycles. The van der Waals surface area contributed by atoms with E-state index in [-0.39, 0.29) is 5.75 Å². The van der Waals surface area contributed by atoms with E-state index >= 15 is 0 Å². The number of hydrogen-bond acceptors (Lipinski definition) is 3. The first-order valence-electron chi connectivity index (χ1n) is 9.50. The molecule has 6 heteroatoms. The average molecular weight is 472 g/mol. The highest BCUT2D eigenvalue weighted by Gasteiger charge is 2.37. The fourth-order valence-electron chi connectivity index (χ4n) is 3.93. The molecule has 1 N–H and O–H groups in total. The van der Waals surface area contributed by atoms with Crippen LogP contribution in [-0.4, -0.2) is 24.4 Å². The van der Waals surface area contributed by atoms with Crippen LogP contribution < -0.4 is 0 Å². The number of aromatic hydroxyl groups is 1. The van der Waals surface area contributed by atoms with E-state index < -0.39 is 16.1 Å². The third-order valence-electron chi connectivity index (χ3n) is 5.48. The van der Waals surface area contributed by atoms with Crippen molar-refractivity contribution in [2.45, 2.75) is 30.7 Å². The van der Waals surface area contributed by atoms with Crippen LogP contribution in [0.3, 0.4) is 0 Å². The first-order valence-corrected chi connectivity index (χ1v) is 11.7. The molecule has 1 heterocycles. The fourth-order valence-corrected chi connectivity index (χ4v) is 5.98. The van der Waals surface area contributed by atoms with Gasteiger partial charge < -0.3 is 5.11 Å². The van der Waals surface area contributed by atoms with Crippen LogP contribution in [0.4, 0.5) is 0 Å². The molecule has 0 radical (unpaired) electrons. The Morgan fingerprint density at radius 2 is 1.76 bits per heavy atom. The molecule has 4 nitrogen and oxygen atoms in total. The van der Waals surface area contributed by atoms with E-state index in [4.69, 9.17) is 0 Å². The van der Waals surface area contributed by atoms with E-state index in [0.29, 0.717) is 24.3 Å². The van der Waals surface area contributed by atoms with Crippen molar-refractivity contribution in [1.82, 2.24) is 4.31 Å². The smallest absolute Gasteiger partial charge is 0.243 e. The molecular weight excluding hydrogens is 450 g/mol. The van der Waals surface area contributed by atoms with Crippen LogP contribution in [-0.2, 0) is 22.9 Å². The zero-order valence-corrected chi connectivity index (χ0v) is 18.4. The van der Waals surface area contributed by atoms with Crippen molar-refractivity contribution in [1.29, 1.82) is 0 Å². The number of benzene rings is 3. The highest BCUT2D eigenvalue weighted by molar-refractivity contribution is 9.10. The molecule has 0 spiro atoms. The van der Waals surface area contributed by atoms with Crippen LogP contribution in [0.5, 0.6) is 5.75 Å². The van der Waals surface area contributed by atoms with E-state index in [1.165, 1.54) is 0 Å². The van der Waals surface area contributed by atoms with Crippen molar-refractivity contribution in [3.8, 4) is 5.75 Å². The summed E-state index contributed by atoms with van der Waals surface area (Å²) in [6.45, 7) is 2.27. The molecule has 0 saturated carbocycles. The second-order valence-corrected chi connectivity index (χ2v) is 10.1. The number of aryl methyl sites for hydroxylation is 1. The van der Waals surface area contributed by atoms with Crippen molar-refractivity contribution in [3.63, 3.8) is 0 Å². The fraction of sp³-hybridized carbons (Fsp3) is 0.217. The Hall–Kier alpha value is -2.15. The third kappa shape index (κ3) is 3.84. The van der Waals surface area contributed by atoms with Gasteiger partial charge in [0, 0.05) is 11.0 Å². The molecule has 150 valence electrons. The van der Waals surface area contributed by atoms with Gasteiger partial charge in [0.25, 0.3) is 0 Å². The molecular formula is C23H22BrNO3S. The minimum absolute atomic E-state index is 0.229. The van der Waals surface area contributed by atoms with Gasteiger partial charge in [-0.1, -0.05) is 64.0 Å². The summed E-state index contributed by atoms with van der Waals surface area (Å²) in [5.41, 5.74) is 3.74. The summed E-state index contributed by atoms with van der Waals surface area (Å²) in [4.78, 5) is 0.295. The number of phenols is 1. The standard InChI is InChI=1S/C23H22BrNO3S/c1-16-9-11-18(12-10-16)29(27,28)25-14-13-20-19(6-4-8-23(20)26)22(25)15-17-5-2-3-7-21(17)24/h2-12,22,26H,13-15H2,1H3. The maximum Gasteiger partial charge on any atom is 0.243 e. The lowest BCUT2D eigenvalue weighted by Crippen LogP contribution is -2.41. The highest BCUT2D eigenvalue weighted by atomic mass is 79.9. The summed E-state index contributed by atoms with van der Waals surface area (Å²) in [6, 6.07) is 19.8. The van der Waals surface area contributed by atoms with Crippen LogP contribution in [0, 0.1) is 6.92 Å². The molecule has 3 aromatic rings. The van der Waals surface area contributed by atoms with Crippen LogP contribution in [0.1, 0.15) is 28.3 Å². The van der Waals surface area contributed by atoms with E-state index in [9.17, 15) is 13.5 Å². The van der Waals surface area contributed by atoms with Gasteiger partial charge in [0.15, 0.2) is 0 Å². The summed E-state index contributed by atoms with van der Waals surface area (Å²) >= 11 is 3.58. The number of rotatable bonds is 4. The molecule has 0 aromatic heterocycles. The minimum atomic E-state index is -3.68. The lowest BCUT2D eigenvalue weighted by molar-refractivity contribution is 0.301. The summed E-state index contributed by atoms with van der Waals surface area (Å²) < 4.78 is 29.6. The summed E-state index contributed by atoms with van der Waals surface area (Å²) in [7, 11) is -3.68. The predicted molar refractivity (Wildman–Crippen MR) is 117 cm³/mol. The van der Waals surface area contributed by atoms with Crippen LogP contribution in [0.15, 0.2) is 76.1 Å². The SMILES string of the molecule is Cc1ccc(S(=O)(=O)N2CCc3c(O)cccc3C2Cc2ccccc2Br)cc1. The topological polar surface area (TPSA) is 57.6 Å². The summed E-state index contributed by atoms with van der Waals surface area (Å²) in [5, 5.41) is 10.4. The van der Waals surface area contributed by atoms with Gasteiger partial charge in [0.05, 0.1) is 10.9 Å². The lowest BCUT2D eigenvalue weighted by Gasteiger charge is -2.37. The molecule has 1 aliphatic heterocycles. The largest absolute Gasteiger partial charge is 0.508 e. The van der Waals surface area contributed by atoms with Crippen molar-refractivity contribution in [3.05, 3.63) is 93.5 Å². The van der Waals surface area contributed by atoms with Gasteiger partial charge in [-0.05, 0) is 60.7 Å². The van der Waals surface area contributed by atoms with Crippen molar-refractivity contribution in [2.24, 2.45) is 0 Å². The van der Waals surface area contributed by atoms with Gasteiger partial charge in [0.2, 0.25) is 10.0 Å². The predicted octanol–water partition coefficient (Wildman–Crippen LogP) is 4.99. The second-order valence-electron chi connectivity index (χ2n) is 7.34. The first-order chi connectivity index (χ1) is 13.9. The van der Waals surface area contributed by atoms with Crippen LogP contribution in [0.25, 0.3) is 0 Å². The van der Waals surface area contributed by atoms with E-state index in [1.807, 2.05) is 49.4 Å². The highest BCUT2D eigenvalue weighted by Crippen LogP contribution is 2.40. The van der Waals surface area contributed by atoms with Crippen molar-refractivity contribution < 1.29 is 13.5 Å². The van der Waals surface area contributed by atoms with Gasteiger partial charge in [-0.25, -0.2) is 8.42 Å². The minimum Gasteiger partial charge on any atom is -0.508 e. The number of fused-ring (bicyclic) bond motifs is 1. The van der Waals surface area contributed by atoms with E-state index in [2.05, 4.69) is 15.9 Å². The molecule has 0 bridgehead atoms. The Balaban J connectivity index is 1.82. The lowest BCUT2D eigenvalue weighted by atomic mass is 9.90.